The third-order valence-electron chi connectivity index (χ3n) is 3.26. The zero-order chi connectivity index (χ0) is 11.9. The van der Waals surface area contributed by atoms with Crippen LogP contribution in [0.1, 0.15) is 62.0 Å². The summed E-state index contributed by atoms with van der Waals surface area (Å²) in [6.07, 6.45) is 0.967. The Morgan fingerprint density at radius 2 is 1.81 bits per heavy atom. The van der Waals surface area contributed by atoms with Crippen molar-refractivity contribution in [2.75, 3.05) is 6.61 Å². The van der Waals surface area contributed by atoms with Crippen LogP contribution in [-0.2, 0) is 6.42 Å². The fraction of sp³-hybridized carbons (Fsp3) is 0.643. The van der Waals surface area contributed by atoms with Crippen LogP contribution in [0.5, 0.6) is 5.75 Å². The summed E-state index contributed by atoms with van der Waals surface area (Å²) in [7, 11) is 0. The maximum atomic E-state index is 5.74. The van der Waals surface area contributed by atoms with Gasteiger partial charge in [-0.3, -0.25) is 4.98 Å². The molecule has 2 nitrogen and oxygen atoms in total. The van der Waals surface area contributed by atoms with E-state index in [4.69, 9.17) is 9.72 Å². The lowest BCUT2D eigenvalue weighted by Gasteiger charge is -2.19. The molecule has 0 saturated carbocycles. The van der Waals surface area contributed by atoms with Crippen LogP contribution in [0.15, 0.2) is 0 Å². The van der Waals surface area contributed by atoms with Crippen molar-refractivity contribution < 1.29 is 4.74 Å². The SMILES string of the molecule is Cc1c(C(C)C)nc2c(c1C(C)C)OCC2. The smallest absolute Gasteiger partial charge is 0.144 e. The number of rotatable bonds is 2. The van der Waals surface area contributed by atoms with Crippen LogP contribution in [0.25, 0.3) is 0 Å². The van der Waals surface area contributed by atoms with Gasteiger partial charge in [0.2, 0.25) is 0 Å². The van der Waals surface area contributed by atoms with Crippen molar-refractivity contribution in [2.45, 2.75) is 52.9 Å². The second-order valence-electron chi connectivity index (χ2n) is 5.22. The van der Waals surface area contributed by atoms with Gasteiger partial charge in [-0.15, -0.1) is 0 Å². The quantitative estimate of drug-likeness (QED) is 0.758. The van der Waals surface area contributed by atoms with E-state index in [1.54, 1.807) is 0 Å². The molecule has 1 aromatic heterocycles. The lowest BCUT2D eigenvalue weighted by molar-refractivity contribution is 0.351. The van der Waals surface area contributed by atoms with Gasteiger partial charge in [-0.2, -0.15) is 0 Å². The molecule has 0 fully saturated rings. The Morgan fingerprint density at radius 1 is 1.12 bits per heavy atom. The fourth-order valence-electron chi connectivity index (χ4n) is 2.58. The van der Waals surface area contributed by atoms with Crippen LogP contribution in [0, 0.1) is 6.92 Å². The third-order valence-corrected chi connectivity index (χ3v) is 3.26. The second-order valence-corrected chi connectivity index (χ2v) is 5.22. The van der Waals surface area contributed by atoms with Crippen LogP contribution in [0.2, 0.25) is 0 Å². The van der Waals surface area contributed by atoms with E-state index in [-0.39, 0.29) is 0 Å². The Bertz CT molecular complexity index is 408. The van der Waals surface area contributed by atoms with Crippen LogP contribution in [0.4, 0.5) is 0 Å². The van der Waals surface area contributed by atoms with Crippen LogP contribution in [0.3, 0.4) is 0 Å². The van der Waals surface area contributed by atoms with Gasteiger partial charge in [0.1, 0.15) is 5.75 Å². The summed E-state index contributed by atoms with van der Waals surface area (Å²) in [5.41, 5.74) is 5.10. The Labute approximate surface area is 98.0 Å². The molecule has 2 heteroatoms. The van der Waals surface area contributed by atoms with Crippen molar-refractivity contribution >= 4 is 0 Å². The van der Waals surface area contributed by atoms with Gasteiger partial charge in [-0.25, -0.2) is 0 Å². The molecule has 2 rings (SSSR count). The summed E-state index contributed by atoms with van der Waals surface area (Å²) in [6.45, 7) is 11.9. The summed E-state index contributed by atoms with van der Waals surface area (Å²) in [5.74, 6) is 2.06. The first kappa shape index (κ1) is 11.4. The van der Waals surface area contributed by atoms with E-state index in [9.17, 15) is 0 Å². The van der Waals surface area contributed by atoms with Crippen LogP contribution < -0.4 is 4.74 Å². The zero-order valence-corrected chi connectivity index (χ0v) is 10.9. The number of aromatic nitrogens is 1. The number of hydrogen-bond donors (Lipinski definition) is 0. The maximum absolute atomic E-state index is 5.74. The van der Waals surface area contributed by atoms with E-state index < -0.39 is 0 Å². The van der Waals surface area contributed by atoms with Crippen molar-refractivity contribution in [1.82, 2.24) is 4.98 Å². The molecule has 1 aromatic rings. The van der Waals surface area contributed by atoms with Crippen LogP contribution in [-0.4, -0.2) is 11.6 Å². The fourth-order valence-corrected chi connectivity index (χ4v) is 2.58. The first-order valence-corrected chi connectivity index (χ1v) is 6.18. The molecule has 0 bridgehead atoms. The van der Waals surface area contributed by atoms with E-state index in [1.165, 1.54) is 16.8 Å². The van der Waals surface area contributed by atoms with Gasteiger partial charge in [-0.05, 0) is 24.3 Å². The van der Waals surface area contributed by atoms with Crippen molar-refractivity contribution in [1.29, 1.82) is 0 Å². The minimum atomic E-state index is 0.489. The van der Waals surface area contributed by atoms with E-state index in [1.807, 2.05) is 0 Å². The Balaban J connectivity index is 2.65. The van der Waals surface area contributed by atoms with Crippen molar-refractivity contribution in [2.24, 2.45) is 0 Å². The summed E-state index contributed by atoms with van der Waals surface area (Å²) in [6, 6.07) is 0. The highest BCUT2D eigenvalue weighted by atomic mass is 16.5. The van der Waals surface area contributed by atoms with E-state index >= 15 is 0 Å². The summed E-state index contributed by atoms with van der Waals surface area (Å²) in [4.78, 5) is 4.77. The maximum Gasteiger partial charge on any atom is 0.144 e. The molecule has 2 heterocycles. The van der Waals surface area contributed by atoms with Crippen molar-refractivity contribution in [3.8, 4) is 5.75 Å². The molecule has 0 aromatic carbocycles. The number of fused-ring (bicyclic) bond motifs is 1. The first-order valence-electron chi connectivity index (χ1n) is 6.18. The number of pyridine rings is 1. The van der Waals surface area contributed by atoms with Gasteiger partial charge in [-0.1, -0.05) is 27.7 Å². The summed E-state index contributed by atoms with van der Waals surface area (Å²) >= 11 is 0. The molecular formula is C14H21NO. The lowest BCUT2D eigenvalue weighted by Crippen LogP contribution is -2.06. The van der Waals surface area contributed by atoms with Crippen molar-refractivity contribution in [3.05, 3.63) is 22.5 Å². The normalized spacial score (nSPS) is 14.4. The third kappa shape index (κ3) is 1.70. The standard InChI is InChI=1S/C14H21NO/c1-8(2)12-10(5)13(9(3)4)15-11-6-7-16-14(11)12/h8-9H,6-7H2,1-5H3. The highest BCUT2D eigenvalue weighted by Gasteiger charge is 2.24. The Hall–Kier alpha value is -1.05. The molecule has 0 unspecified atom stereocenters. The summed E-state index contributed by atoms with van der Waals surface area (Å²) in [5, 5.41) is 0. The summed E-state index contributed by atoms with van der Waals surface area (Å²) < 4.78 is 5.74. The average molecular weight is 219 g/mol. The molecule has 0 amide bonds. The molecular weight excluding hydrogens is 198 g/mol. The van der Waals surface area contributed by atoms with Gasteiger partial charge < -0.3 is 4.74 Å². The molecule has 0 N–H and O–H groups in total. The van der Waals surface area contributed by atoms with Gasteiger partial charge >= 0.3 is 0 Å². The molecule has 1 aliphatic heterocycles. The largest absolute Gasteiger partial charge is 0.491 e. The molecule has 16 heavy (non-hydrogen) atoms. The predicted molar refractivity (Wildman–Crippen MR) is 66.4 cm³/mol. The number of nitrogens with zero attached hydrogens (tertiary/aromatic N) is 1. The minimum absolute atomic E-state index is 0.489. The predicted octanol–water partition coefficient (Wildman–Crippen LogP) is 3.57. The van der Waals surface area contributed by atoms with Gasteiger partial charge in [0, 0.05) is 17.7 Å². The molecule has 0 radical (unpaired) electrons. The van der Waals surface area contributed by atoms with Crippen molar-refractivity contribution in [3.63, 3.8) is 0 Å². The molecule has 1 aliphatic rings. The van der Waals surface area contributed by atoms with E-state index in [0.29, 0.717) is 11.8 Å². The van der Waals surface area contributed by atoms with Gasteiger partial charge in [0.25, 0.3) is 0 Å². The Kier molecular flexibility index (Phi) is 2.92. The number of ether oxygens (including phenoxy) is 1. The zero-order valence-electron chi connectivity index (χ0n) is 10.9. The van der Waals surface area contributed by atoms with E-state index in [2.05, 4.69) is 34.6 Å². The Morgan fingerprint density at radius 3 is 2.38 bits per heavy atom. The average Bonchev–Trinajstić information content (AvgIpc) is 2.62. The highest BCUT2D eigenvalue weighted by Crippen LogP contribution is 2.38. The number of hydrogen-bond acceptors (Lipinski definition) is 2. The monoisotopic (exact) mass is 219 g/mol. The topological polar surface area (TPSA) is 22.1 Å². The molecule has 0 spiro atoms. The molecule has 0 saturated heterocycles. The van der Waals surface area contributed by atoms with Gasteiger partial charge in [0.05, 0.1) is 12.3 Å². The van der Waals surface area contributed by atoms with Gasteiger partial charge in [0.15, 0.2) is 0 Å². The molecule has 0 aliphatic carbocycles. The first-order chi connectivity index (χ1) is 7.52. The minimum Gasteiger partial charge on any atom is -0.491 e. The highest BCUT2D eigenvalue weighted by molar-refractivity contribution is 5.49. The lowest BCUT2D eigenvalue weighted by atomic mass is 9.92. The molecule has 0 atom stereocenters. The second kappa shape index (κ2) is 4.08. The van der Waals surface area contributed by atoms with E-state index in [0.717, 1.165) is 24.5 Å². The molecule has 88 valence electrons. The van der Waals surface area contributed by atoms with Crippen LogP contribution >= 0.6 is 0 Å².